The molecule has 21 heavy (non-hydrogen) atoms. The molecule has 3 amide bonds. The number of carbonyl (C=O) groups excluding carboxylic acids is 2. The van der Waals surface area contributed by atoms with Crippen LogP contribution < -0.4 is 10.6 Å². The molecule has 0 unspecified atom stereocenters. The zero-order chi connectivity index (χ0) is 15.2. The van der Waals surface area contributed by atoms with Gasteiger partial charge in [0.15, 0.2) is 0 Å². The quantitative estimate of drug-likeness (QED) is 0.856. The van der Waals surface area contributed by atoms with E-state index < -0.39 is 11.9 Å². The minimum absolute atomic E-state index is 0.0491. The van der Waals surface area contributed by atoms with Gasteiger partial charge in [-0.2, -0.15) is 4.80 Å². The summed E-state index contributed by atoms with van der Waals surface area (Å²) in [5, 5.41) is 16.5. The average Bonchev–Trinajstić information content (AvgIpc) is 2.86. The standard InChI is InChI=1S/C13H16N6O2/c1-9(2)14-13(21)15-11(20)8-19-17-12(16-18-19)10-6-4-3-5-7-10/h3-7,9H,8H2,1-2H3,(H2,14,15,20,21). The van der Waals surface area contributed by atoms with Crippen LogP contribution in [0.15, 0.2) is 30.3 Å². The van der Waals surface area contributed by atoms with Crippen molar-refractivity contribution in [3.05, 3.63) is 30.3 Å². The Bertz CT molecular complexity index is 623. The first kappa shape index (κ1) is 14.6. The summed E-state index contributed by atoms with van der Waals surface area (Å²) in [6.45, 7) is 3.43. The molecule has 1 heterocycles. The third-order valence-corrected chi connectivity index (χ3v) is 2.44. The molecule has 0 saturated carbocycles. The molecule has 0 radical (unpaired) electrons. The van der Waals surface area contributed by atoms with E-state index in [1.54, 1.807) is 13.8 Å². The van der Waals surface area contributed by atoms with Crippen LogP contribution in [-0.2, 0) is 11.3 Å². The molecule has 0 spiro atoms. The van der Waals surface area contributed by atoms with Gasteiger partial charge in [0, 0.05) is 11.6 Å². The number of urea groups is 1. The van der Waals surface area contributed by atoms with Crippen LogP contribution in [0, 0.1) is 0 Å². The molecule has 0 bridgehead atoms. The zero-order valence-corrected chi connectivity index (χ0v) is 11.8. The molecule has 8 heteroatoms. The largest absolute Gasteiger partial charge is 0.336 e. The van der Waals surface area contributed by atoms with Gasteiger partial charge < -0.3 is 5.32 Å². The fourth-order valence-electron chi connectivity index (χ4n) is 1.61. The SMILES string of the molecule is CC(C)NC(=O)NC(=O)Cn1nnc(-c2ccccc2)n1. The predicted molar refractivity (Wildman–Crippen MR) is 75.1 cm³/mol. The van der Waals surface area contributed by atoms with Gasteiger partial charge in [-0.3, -0.25) is 10.1 Å². The number of nitrogens with one attached hydrogen (secondary N) is 2. The molecule has 0 saturated heterocycles. The number of amides is 3. The summed E-state index contributed by atoms with van der Waals surface area (Å²) in [4.78, 5) is 24.2. The van der Waals surface area contributed by atoms with Gasteiger partial charge in [0.2, 0.25) is 5.82 Å². The lowest BCUT2D eigenvalue weighted by molar-refractivity contribution is -0.121. The summed E-state index contributed by atoms with van der Waals surface area (Å²) in [7, 11) is 0. The van der Waals surface area contributed by atoms with Crippen LogP contribution in [0.25, 0.3) is 11.4 Å². The van der Waals surface area contributed by atoms with E-state index in [0.29, 0.717) is 5.82 Å². The monoisotopic (exact) mass is 288 g/mol. The van der Waals surface area contributed by atoms with Crippen LogP contribution in [0.1, 0.15) is 13.8 Å². The third kappa shape index (κ3) is 4.37. The maximum atomic E-state index is 11.6. The van der Waals surface area contributed by atoms with Crippen molar-refractivity contribution >= 4 is 11.9 Å². The number of aromatic nitrogens is 4. The smallest absolute Gasteiger partial charge is 0.321 e. The molecule has 0 aliphatic rings. The van der Waals surface area contributed by atoms with Crippen LogP contribution in [0.4, 0.5) is 4.79 Å². The van der Waals surface area contributed by atoms with Crippen LogP contribution >= 0.6 is 0 Å². The number of benzene rings is 1. The predicted octanol–water partition coefficient (Wildman–Crippen LogP) is 0.574. The second kappa shape index (κ2) is 6.60. The lowest BCUT2D eigenvalue weighted by Crippen LogP contribution is -2.43. The molecule has 1 aromatic heterocycles. The summed E-state index contributed by atoms with van der Waals surface area (Å²) in [6, 6.07) is 8.70. The van der Waals surface area contributed by atoms with Crippen molar-refractivity contribution in [1.82, 2.24) is 30.8 Å². The summed E-state index contributed by atoms with van der Waals surface area (Å²) < 4.78 is 0. The molecular formula is C13H16N6O2. The molecule has 2 rings (SSSR count). The van der Waals surface area contributed by atoms with E-state index in [1.807, 2.05) is 30.3 Å². The van der Waals surface area contributed by atoms with Crippen molar-refractivity contribution in [2.75, 3.05) is 0 Å². The molecule has 0 fully saturated rings. The first-order valence-electron chi connectivity index (χ1n) is 6.48. The summed E-state index contributed by atoms with van der Waals surface area (Å²) in [5.74, 6) is -0.0832. The van der Waals surface area contributed by atoms with E-state index in [1.165, 1.54) is 0 Å². The van der Waals surface area contributed by atoms with Gasteiger partial charge in [0.25, 0.3) is 5.91 Å². The molecule has 1 aromatic carbocycles. The molecule has 0 aliphatic carbocycles. The van der Waals surface area contributed by atoms with Gasteiger partial charge in [-0.1, -0.05) is 30.3 Å². The van der Waals surface area contributed by atoms with Crippen LogP contribution in [0.3, 0.4) is 0 Å². The van der Waals surface area contributed by atoms with E-state index in [9.17, 15) is 9.59 Å². The summed E-state index contributed by atoms with van der Waals surface area (Å²) in [5.41, 5.74) is 0.807. The highest BCUT2D eigenvalue weighted by molar-refractivity contribution is 5.94. The Balaban J connectivity index is 1.94. The van der Waals surface area contributed by atoms with E-state index in [2.05, 4.69) is 26.0 Å². The minimum Gasteiger partial charge on any atom is -0.336 e. The number of carbonyl (C=O) groups is 2. The average molecular weight is 288 g/mol. The normalized spacial score (nSPS) is 10.4. The van der Waals surface area contributed by atoms with Crippen LogP contribution in [0.2, 0.25) is 0 Å². The zero-order valence-electron chi connectivity index (χ0n) is 11.8. The maximum Gasteiger partial charge on any atom is 0.321 e. The molecular weight excluding hydrogens is 272 g/mol. The highest BCUT2D eigenvalue weighted by Gasteiger charge is 2.12. The summed E-state index contributed by atoms with van der Waals surface area (Å²) >= 11 is 0. The Morgan fingerprint density at radius 2 is 1.95 bits per heavy atom. The highest BCUT2D eigenvalue weighted by Crippen LogP contribution is 2.11. The minimum atomic E-state index is -0.543. The highest BCUT2D eigenvalue weighted by atomic mass is 16.2. The molecule has 8 nitrogen and oxygen atoms in total. The Morgan fingerprint density at radius 3 is 2.62 bits per heavy atom. The Hall–Kier alpha value is -2.77. The van der Waals surface area contributed by atoms with Crippen molar-refractivity contribution < 1.29 is 9.59 Å². The van der Waals surface area contributed by atoms with Gasteiger partial charge in [-0.05, 0) is 19.1 Å². The van der Waals surface area contributed by atoms with Gasteiger partial charge in [-0.25, -0.2) is 4.79 Å². The van der Waals surface area contributed by atoms with Crippen molar-refractivity contribution in [2.45, 2.75) is 26.4 Å². The van der Waals surface area contributed by atoms with E-state index >= 15 is 0 Å². The van der Waals surface area contributed by atoms with Crippen LogP contribution in [0.5, 0.6) is 0 Å². The lowest BCUT2D eigenvalue weighted by atomic mass is 10.2. The molecule has 0 atom stereocenters. The van der Waals surface area contributed by atoms with Gasteiger partial charge >= 0.3 is 6.03 Å². The lowest BCUT2D eigenvalue weighted by Gasteiger charge is -2.08. The fourth-order valence-corrected chi connectivity index (χ4v) is 1.61. The molecule has 2 aromatic rings. The van der Waals surface area contributed by atoms with Crippen LogP contribution in [-0.4, -0.2) is 38.2 Å². The van der Waals surface area contributed by atoms with Crippen molar-refractivity contribution in [3.8, 4) is 11.4 Å². The summed E-state index contributed by atoms with van der Waals surface area (Å²) in [6.07, 6.45) is 0. The second-order valence-electron chi connectivity index (χ2n) is 4.69. The number of hydrogen-bond donors (Lipinski definition) is 2. The first-order chi connectivity index (χ1) is 10.0. The molecule has 110 valence electrons. The Labute approximate surface area is 121 Å². The number of imide groups is 1. The Kier molecular flexibility index (Phi) is 4.60. The topological polar surface area (TPSA) is 102 Å². The second-order valence-corrected chi connectivity index (χ2v) is 4.69. The number of tetrazole rings is 1. The third-order valence-electron chi connectivity index (χ3n) is 2.44. The van der Waals surface area contributed by atoms with Gasteiger partial charge in [0.1, 0.15) is 6.54 Å². The van der Waals surface area contributed by atoms with Gasteiger partial charge in [0.05, 0.1) is 0 Å². The Morgan fingerprint density at radius 1 is 1.24 bits per heavy atom. The van der Waals surface area contributed by atoms with Crippen molar-refractivity contribution in [2.24, 2.45) is 0 Å². The first-order valence-corrected chi connectivity index (χ1v) is 6.48. The van der Waals surface area contributed by atoms with E-state index in [0.717, 1.165) is 10.4 Å². The van der Waals surface area contributed by atoms with Crippen molar-refractivity contribution in [1.29, 1.82) is 0 Å². The fraction of sp³-hybridized carbons (Fsp3) is 0.308. The van der Waals surface area contributed by atoms with E-state index in [4.69, 9.17) is 0 Å². The maximum absolute atomic E-state index is 11.6. The molecule has 2 N–H and O–H groups in total. The number of hydrogen-bond acceptors (Lipinski definition) is 5. The van der Waals surface area contributed by atoms with Gasteiger partial charge in [-0.15, -0.1) is 10.2 Å². The van der Waals surface area contributed by atoms with E-state index in [-0.39, 0.29) is 12.6 Å². The number of rotatable bonds is 4. The van der Waals surface area contributed by atoms with Crippen molar-refractivity contribution in [3.63, 3.8) is 0 Å². The number of nitrogens with zero attached hydrogens (tertiary/aromatic N) is 4. The molecule has 0 aliphatic heterocycles.